The number of ketones is 1. The van der Waals surface area contributed by atoms with E-state index in [-0.39, 0.29) is 17.8 Å². The highest BCUT2D eigenvalue weighted by Crippen LogP contribution is 2.49. The monoisotopic (exact) mass is 413 g/mol. The number of ether oxygens (including phenoxy) is 2. The van der Waals surface area contributed by atoms with Crippen LogP contribution in [0.1, 0.15) is 52.0 Å². The molecule has 0 radical (unpaired) electrons. The summed E-state index contributed by atoms with van der Waals surface area (Å²) in [6.45, 7) is 7.23. The number of benzene rings is 1. The molecule has 0 saturated heterocycles. The molecular weight excluding hydrogens is 386 g/mol. The lowest BCUT2D eigenvalue weighted by atomic mass is 9.66. The lowest BCUT2D eigenvalue weighted by Crippen LogP contribution is -2.39. The quantitative estimate of drug-likeness (QED) is 0.716. The van der Waals surface area contributed by atoms with E-state index >= 15 is 0 Å². The first-order valence-electron chi connectivity index (χ1n) is 10.1. The molecule has 1 heterocycles. The van der Waals surface area contributed by atoms with Crippen LogP contribution in [0.3, 0.4) is 0 Å². The third-order valence-electron chi connectivity index (χ3n) is 5.45. The number of hydrogen-bond donors (Lipinski definition) is 1. The number of hydrogen-bond acceptors (Lipinski definition) is 6. The van der Waals surface area contributed by atoms with Gasteiger partial charge in [0.25, 0.3) is 0 Å². The SMILES string of the molecule is CCOC(=O)C1C(C)=NC2=C(C(=O)CC(C)(C)C2)[C@@H]1c1ccccc1OCC(=O)O. The number of carboxylic acids is 1. The fourth-order valence-corrected chi connectivity index (χ4v) is 4.33. The zero-order valence-corrected chi connectivity index (χ0v) is 17.7. The van der Waals surface area contributed by atoms with Crippen molar-refractivity contribution in [1.29, 1.82) is 0 Å². The molecule has 1 aliphatic carbocycles. The maximum atomic E-state index is 13.2. The van der Waals surface area contributed by atoms with Crippen molar-refractivity contribution in [2.24, 2.45) is 16.3 Å². The van der Waals surface area contributed by atoms with Gasteiger partial charge in [0.15, 0.2) is 12.4 Å². The fraction of sp³-hybridized carbons (Fsp3) is 0.478. The summed E-state index contributed by atoms with van der Waals surface area (Å²) in [5.74, 6) is -2.69. The van der Waals surface area contributed by atoms with Gasteiger partial charge in [0.05, 0.1) is 6.61 Å². The van der Waals surface area contributed by atoms with Crippen molar-refractivity contribution in [3.8, 4) is 5.75 Å². The van der Waals surface area contributed by atoms with E-state index in [9.17, 15) is 14.4 Å². The number of para-hydroxylation sites is 1. The van der Waals surface area contributed by atoms with Gasteiger partial charge in [-0.05, 0) is 31.7 Å². The van der Waals surface area contributed by atoms with E-state index < -0.39 is 30.4 Å². The molecule has 0 saturated carbocycles. The number of esters is 1. The van der Waals surface area contributed by atoms with Crippen molar-refractivity contribution in [1.82, 2.24) is 0 Å². The number of allylic oxidation sites excluding steroid dienone is 2. The van der Waals surface area contributed by atoms with Crippen molar-refractivity contribution in [3.05, 3.63) is 41.1 Å². The third-order valence-corrected chi connectivity index (χ3v) is 5.45. The van der Waals surface area contributed by atoms with E-state index in [1.807, 2.05) is 13.8 Å². The van der Waals surface area contributed by atoms with Crippen LogP contribution in [-0.4, -0.2) is 41.8 Å². The van der Waals surface area contributed by atoms with Gasteiger partial charge in [0, 0.05) is 34.9 Å². The normalized spacial score (nSPS) is 22.8. The van der Waals surface area contributed by atoms with Gasteiger partial charge < -0.3 is 14.6 Å². The summed E-state index contributed by atoms with van der Waals surface area (Å²) in [6, 6.07) is 6.93. The van der Waals surface area contributed by atoms with E-state index in [0.29, 0.717) is 41.1 Å². The number of carbonyl (C=O) groups is 3. The van der Waals surface area contributed by atoms with Gasteiger partial charge in [0.2, 0.25) is 0 Å². The molecule has 0 aromatic heterocycles. The minimum absolute atomic E-state index is 0.0511. The van der Waals surface area contributed by atoms with E-state index in [1.54, 1.807) is 38.1 Å². The average molecular weight is 413 g/mol. The van der Waals surface area contributed by atoms with Crippen molar-refractivity contribution in [2.75, 3.05) is 13.2 Å². The first-order valence-corrected chi connectivity index (χ1v) is 10.1. The number of aliphatic carboxylic acids is 1. The predicted octanol–water partition coefficient (Wildman–Crippen LogP) is 3.53. The van der Waals surface area contributed by atoms with Crippen LogP contribution in [0.5, 0.6) is 5.75 Å². The highest BCUT2D eigenvalue weighted by molar-refractivity contribution is 6.09. The highest BCUT2D eigenvalue weighted by atomic mass is 16.5. The molecule has 3 rings (SSSR count). The molecule has 7 nitrogen and oxygen atoms in total. The largest absolute Gasteiger partial charge is 0.482 e. The van der Waals surface area contributed by atoms with E-state index in [1.165, 1.54) is 0 Å². The molecule has 1 aliphatic heterocycles. The molecule has 2 atom stereocenters. The zero-order valence-electron chi connectivity index (χ0n) is 17.7. The fourth-order valence-electron chi connectivity index (χ4n) is 4.33. The first-order chi connectivity index (χ1) is 14.1. The Morgan fingerprint density at radius 3 is 2.60 bits per heavy atom. The topological polar surface area (TPSA) is 102 Å². The van der Waals surface area contributed by atoms with E-state index in [2.05, 4.69) is 4.99 Å². The Morgan fingerprint density at radius 2 is 1.93 bits per heavy atom. The van der Waals surface area contributed by atoms with Gasteiger partial charge in [-0.3, -0.25) is 14.6 Å². The molecule has 0 fully saturated rings. The van der Waals surface area contributed by atoms with Gasteiger partial charge in [-0.15, -0.1) is 0 Å². The van der Waals surface area contributed by atoms with Crippen LogP contribution in [0.2, 0.25) is 0 Å². The van der Waals surface area contributed by atoms with E-state index in [4.69, 9.17) is 14.6 Å². The predicted molar refractivity (Wildman–Crippen MR) is 111 cm³/mol. The number of nitrogens with zero attached hydrogens (tertiary/aromatic N) is 1. The third kappa shape index (κ3) is 4.30. The number of carbonyl (C=O) groups excluding carboxylic acids is 2. The summed E-state index contributed by atoms with van der Waals surface area (Å²) in [7, 11) is 0. The maximum absolute atomic E-state index is 13.2. The van der Waals surface area contributed by atoms with Crippen molar-refractivity contribution in [2.45, 2.75) is 46.5 Å². The van der Waals surface area contributed by atoms with Crippen molar-refractivity contribution >= 4 is 23.4 Å². The van der Waals surface area contributed by atoms with Gasteiger partial charge in [-0.2, -0.15) is 0 Å². The Kier molecular flexibility index (Phi) is 6.10. The minimum atomic E-state index is -1.11. The lowest BCUT2D eigenvalue weighted by molar-refractivity contribution is -0.146. The molecule has 7 heteroatoms. The maximum Gasteiger partial charge on any atom is 0.341 e. The van der Waals surface area contributed by atoms with Gasteiger partial charge in [-0.1, -0.05) is 32.0 Å². The Labute approximate surface area is 175 Å². The molecule has 2 aliphatic rings. The molecule has 0 amide bonds. The average Bonchev–Trinajstić information content (AvgIpc) is 2.64. The molecule has 160 valence electrons. The van der Waals surface area contributed by atoms with E-state index in [0.717, 1.165) is 0 Å². The van der Waals surface area contributed by atoms with Crippen molar-refractivity contribution in [3.63, 3.8) is 0 Å². The molecular formula is C23H27NO6. The molecule has 1 N–H and O–H groups in total. The van der Waals surface area contributed by atoms with Crippen LogP contribution in [-0.2, 0) is 19.1 Å². The molecule has 0 spiro atoms. The summed E-state index contributed by atoms with van der Waals surface area (Å²) in [4.78, 5) is 41.8. The number of Topliss-reactive ketones (excluding diaryl/α,β-unsaturated/α-hetero) is 1. The Balaban J connectivity index is 2.17. The van der Waals surface area contributed by atoms with Gasteiger partial charge >= 0.3 is 11.9 Å². The second-order valence-corrected chi connectivity index (χ2v) is 8.48. The molecule has 30 heavy (non-hydrogen) atoms. The van der Waals surface area contributed by atoms with Crippen LogP contribution in [0.25, 0.3) is 0 Å². The molecule has 1 unspecified atom stereocenters. The van der Waals surface area contributed by atoms with Crippen LogP contribution < -0.4 is 4.74 Å². The number of carboxylic acid groups (broad SMARTS) is 1. The second kappa shape index (κ2) is 8.42. The summed E-state index contributed by atoms with van der Waals surface area (Å²) >= 11 is 0. The second-order valence-electron chi connectivity index (χ2n) is 8.48. The smallest absolute Gasteiger partial charge is 0.341 e. The van der Waals surface area contributed by atoms with Gasteiger partial charge in [0.1, 0.15) is 11.7 Å². The van der Waals surface area contributed by atoms with Crippen molar-refractivity contribution < 1.29 is 29.0 Å². The van der Waals surface area contributed by atoms with Crippen LogP contribution in [0, 0.1) is 11.3 Å². The number of rotatable bonds is 6. The molecule has 1 aromatic rings. The standard InChI is InChI=1S/C23H27NO6/c1-5-29-22(28)19-13(2)24-15-10-23(3,4)11-16(25)21(15)20(19)14-8-6-7-9-17(14)30-12-18(26)27/h6-9,19-20H,5,10-12H2,1-4H3,(H,26,27)/t19?,20-/m1/s1. The zero-order chi connectivity index (χ0) is 22.1. The molecule has 0 bridgehead atoms. The van der Waals surface area contributed by atoms with Crippen LogP contribution >= 0.6 is 0 Å². The summed E-state index contributed by atoms with van der Waals surface area (Å²) in [5.41, 5.74) is 2.14. The Bertz CT molecular complexity index is 943. The number of aliphatic imine (C=N–C) groups is 1. The summed E-state index contributed by atoms with van der Waals surface area (Å²) in [5, 5.41) is 9.03. The Morgan fingerprint density at radius 1 is 1.23 bits per heavy atom. The van der Waals surface area contributed by atoms with Gasteiger partial charge in [-0.25, -0.2) is 4.79 Å². The van der Waals surface area contributed by atoms with Crippen LogP contribution in [0.4, 0.5) is 0 Å². The summed E-state index contributed by atoms with van der Waals surface area (Å²) in [6.07, 6.45) is 0.972. The van der Waals surface area contributed by atoms with Crippen LogP contribution in [0.15, 0.2) is 40.5 Å². The highest BCUT2D eigenvalue weighted by Gasteiger charge is 2.46. The minimum Gasteiger partial charge on any atom is -0.482 e. The summed E-state index contributed by atoms with van der Waals surface area (Å²) < 4.78 is 10.8. The first kappa shape index (κ1) is 21.7. The molecule has 1 aromatic carbocycles. The Hall–Kier alpha value is -2.96. The lowest BCUT2D eigenvalue weighted by Gasteiger charge is -2.39.